The van der Waals surface area contributed by atoms with Crippen LogP contribution in [0.1, 0.15) is 62.1 Å². The first-order valence-electron chi connectivity index (χ1n) is 15.6. The molecule has 10 nitrogen and oxygen atoms in total. The topological polar surface area (TPSA) is 103 Å². The Bertz CT molecular complexity index is 1550. The van der Waals surface area contributed by atoms with E-state index in [0.29, 0.717) is 61.8 Å². The van der Waals surface area contributed by atoms with E-state index in [0.717, 1.165) is 0 Å². The number of aryl methyl sites for hydroxylation is 1. The van der Waals surface area contributed by atoms with Crippen molar-refractivity contribution in [2.24, 2.45) is 13.0 Å². The molecule has 2 aromatic heterocycles. The molecule has 1 aliphatic heterocycles. The Morgan fingerprint density at radius 3 is 2.08 bits per heavy atom. The zero-order valence-electron chi connectivity index (χ0n) is 26.6. The number of amides is 1. The van der Waals surface area contributed by atoms with E-state index in [9.17, 15) is 35.9 Å². The average molecular weight is 683 g/mol. The molecule has 0 spiro atoms. The van der Waals surface area contributed by atoms with E-state index in [4.69, 9.17) is 9.47 Å². The van der Waals surface area contributed by atoms with Gasteiger partial charge in [0.1, 0.15) is 6.10 Å². The zero-order valence-corrected chi connectivity index (χ0v) is 26.6. The summed E-state index contributed by atoms with van der Waals surface area (Å²) < 4.78 is 94.5. The van der Waals surface area contributed by atoms with Crippen LogP contribution in [0.2, 0.25) is 0 Å². The van der Waals surface area contributed by atoms with Crippen molar-refractivity contribution in [1.82, 2.24) is 24.6 Å². The second-order valence-corrected chi connectivity index (χ2v) is 12.2. The van der Waals surface area contributed by atoms with Crippen molar-refractivity contribution in [3.05, 3.63) is 59.7 Å². The first kappa shape index (κ1) is 35.0. The lowest BCUT2D eigenvalue weighted by Crippen LogP contribution is -2.42. The maximum atomic E-state index is 13.7. The molecule has 2 fully saturated rings. The quantitative estimate of drug-likeness (QED) is 0.193. The van der Waals surface area contributed by atoms with Crippen LogP contribution in [0, 0.1) is 5.92 Å². The van der Waals surface area contributed by atoms with Crippen LogP contribution in [0.15, 0.2) is 43.0 Å². The molecule has 1 aromatic carbocycles. The molecule has 1 amide bonds. The summed E-state index contributed by atoms with van der Waals surface area (Å²) in [6, 6.07) is 0.584. The van der Waals surface area contributed by atoms with Crippen LogP contribution in [0.25, 0.3) is 11.1 Å². The maximum Gasteiger partial charge on any atom is 0.416 e. The van der Waals surface area contributed by atoms with Gasteiger partial charge in [0.15, 0.2) is 0 Å². The molecule has 2 atom stereocenters. The van der Waals surface area contributed by atoms with E-state index in [1.165, 1.54) is 19.5 Å². The molecule has 3 aromatic rings. The van der Waals surface area contributed by atoms with Crippen LogP contribution in [0.5, 0.6) is 0 Å². The molecular formula is C32H36F6N6O4. The molecule has 1 saturated heterocycles. The Kier molecular flexibility index (Phi) is 10.2. The summed E-state index contributed by atoms with van der Waals surface area (Å²) in [7, 11) is 3.06. The summed E-state index contributed by atoms with van der Waals surface area (Å²) in [6.07, 6.45) is -1.78. The number of methoxy groups -OCH3 is 1. The molecule has 0 N–H and O–H groups in total. The van der Waals surface area contributed by atoms with Crippen molar-refractivity contribution in [3.8, 4) is 11.1 Å². The molecule has 3 heterocycles. The summed E-state index contributed by atoms with van der Waals surface area (Å²) in [5, 5.41) is 4.12. The lowest BCUT2D eigenvalue weighted by atomic mass is 9.87. The van der Waals surface area contributed by atoms with Gasteiger partial charge in [0.05, 0.1) is 36.4 Å². The van der Waals surface area contributed by atoms with Crippen molar-refractivity contribution in [2.45, 2.75) is 82.5 Å². The second kappa shape index (κ2) is 14.0. The molecule has 260 valence electrons. The molecule has 0 unspecified atom stereocenters. The number of rotatable bonds is 8. The highest BCUT2D eigenvalue weighted by Gasteiger charge is 2.41. The summed E-state index contributed by atoms with van der Waals surface area (Å²) in [6.45, 7) is 1.56. The highest BCUT2D eigenvalue weighted by Crippen LogP contribution is 2.38. The highest BCUT2D eigenvalue weighted by molar-refractivity contribution is 5.72. The van der Waals surface area contributed by atoms with Gasteiger partial charge in [-0.3, -0.25) is 9.48 Å². The van der Waals surface area contributed by atoms with Crippen LogP contribution < -0.4 is 4.90 Å². The maximum absolute atomic E-state index is 13.7. The Morgan fingerprint density at radius 2 is 1.56 bits per heavy atom. The average Bonchev–Trinajstić information content (AvgIpc) is 3.69. The minimum absolute atomic E-state index is 0.0739. The number of alkyl halides is 6. The lowest BCUT2D eigenvalue weighted by Gasteiger charge is -2.31. The fourth-order valence-electron chi connectivity index (χ4n) is 6.38. The number of nitrogens with zero attached hydrogens (tertiary/aromatic N) is 6. The normalized spacial score (nSPS) is 21.6. The molecule has 2 aliphatic rings. The molecule has 1 aliphatic carbocycles. The van der Waals surface area contributed by atoms with Gasteiger partial charge in [0.2, 0.25) is 5.95 Å². The van der Waals surface area contributed by atoms with Crippen molar-refractivity contribution in [2.75, 3.05) is 18.6 Å². The third kappa shape index (κ3) is 8.01. The van der Waals surface area contributed by atoms with E-state index in [1.54, 1.807) is 33.9 Å². The number of carbonyl (C=O) groups excluding carboxylic acids is 2. The number of benzene rings is 1. The predicted molar refractivity (Wildman–Crippen MR) is 160 cm³/mol. The molecule has 16 heteroatoms. The van der Waals surface area contributed by atoms with E-state index < -0.39 is 41.7 Å². The van der Waals surface area contributed by atoms with E-state index in [1.807, 2.05) is 6.92 Å². The number of anilines is 1. The molecule has 5 rings (SSSR count). The third-order valence-corrected chi connectivity index (χ3v) is 8.95. The molecule has 0 bridgehead atoms. The number of likely N-dealkylation sites (tertiary alicyclic amines) is 1. The predicted octanol–water partition coefficient (Wildman–Crippen LogP) is 6.64. The van der Waals surface area contributed by atoms with E-state index >= 15 is 0 Å². The first-order chi connectivity index (χ1) is 22.7. The first-order valence-corrected chi connectivity index (χ1v) is 15.6. The Hall–Kier alpha value is -4.37. The minimum atomic E-state index is -5.01. The lowest BCUT2D eigenvalue weighted by molar-refractivity contribution is -0.147. The minimum Gasteiger partial charge on any atom is -0.469 e. The Morgan fingerprint density at radius 1 is 0.938 bits per heavy atom. The zero-order chi connectivity index (χ0) is 34.8. The second-order valence-electron chi connectivity index (χ2n) is 12.2. The van der Waals surface area contributed by atoms with Gasteiger partial charge in [-0.05, 0) is 62.3 Å². The van der Waals surface area contributed by atoms with E-state index in [2.05, 4.69) is 15.1 Å². The number of carbonyl (C=O) groups is 2. The van der Waals surface area contributed by atoms with Crippen molar-refractivity contribution >= 4 is 18.0 Å². The molecule has 48 heavy (non-hydrogen) atoms. The number of hydrogen-bond acceptors (Lipinski definition) is 8. The van der Waals surface area contributed by atoms with E-state index in [-0.39, 0.29) is 48.6 Å². The van der Waals surface area contributed by atoms with Gasteiger partial charge in [-0.1, -0.05) is 6.92 Å². The van der Waals surface area contributed by atoms with Gasteiger partial charge in [-0.25, -0.2) is 14.8 Å². The number of ether oxygens (including phenoxy) is 2. The van der Waals surface area contributed by atoms with Crippen molar-refractivity contribution in [1.29, 1.82) is 0 Å². The van der Waals surface area contributed by atoms with Crippen LogP contribution in [-0.4, -0.2) is 68.6 Å². The smallest absolute Gasteiger partial charge is 0.416 e. The summed E-state index contributed by atoms with van der Waals surface area (Å²) in [5.41, 5.74) is -1.77. The number of halogens is 6. The van der Waals surface area contributed by atoms with Gasteiger partial charge >= 0.3 is 24.4 Å². The number of hydrogen-bond donors (Lipinski definition) is 0. The third-order valence-electron chi connectivity index (χ3n) is 8.95. The Balaban J connectivity index is 1.42. The number of esters is 1. The van der Waals surface area contributed by atoms with Crippen LogP contribution >= 0.6 is 0 Å². The molecular weight excluding hydrogens is 646 g/mol. The molecule has 1 saturated carbocycles. The van der Waals surface area contributed by atoms with Crippen molar-refractivity contribution in [3.63, 3.8) is 0 Å². The summed E-state index contributed by atoms with van der Waals surface area (Å²) >= 11 is 0. The largest absolute Gasteiger partial charge is 0.469 e. The monoisotopic (exact) mass is 682 g/mol. The fourth-order valence-corrected chi connectivity index (χ4v) is 6.38. The van der Waals surface area contributed by atoms with Gasteiger partial charge < -0.3 is 19.3 Å². The van der Waals surface area contributed by atoms with Crippen LogP contribution in [-0.2, 0) is 40.2 Å². The van der Waals surface area contributed by atoms with Gasteiger partial charge in [0, 0.05) is 55.9 Å². The number of aromatic nitrogens is 4. The van der Waals surface area contributed by atoms with Gasteiger partial charge in [-0.2, -0.15) is 31.4 Å². The summed E-state index contributed by atoms with van der Waals surface area (Å²) in [4.78, 5) is 37.3. The highest BCUT2D eigenvalue weighted by atomic mass is 19.4. The Labute approximate surface area is 273 Å². The summed E-state index contributed by atoms with van der Waals surface area (Å²) in [5.74, 6) is -0.478. The fraction of sp³-hybridized carbons (Fsp3) is 0.531. The SMILES string of the molecule is CC[C@@H]1C[C@H](N(Cc2cc(C(F)(F)F)cc(C(F)(F)F)c2)c2ncc(-c3cnn(C)c3)cn2)CN1C(=O)O[C@H]1CC[C@H](C(=O)OC)CC1. The van der Waals surface area contributed by atoms with Crippen LogP contribution in [0.3, 0.4) is 0 Å². The van der Waals surface area contributed by atoms with Gasteiger partial charge in [0.25, 0.3) is 0 Å². The van der Waals surface area contributed by atoms with Gasteiger partial charge in [-0.15, -0.1) is 0 Å². The molecule has 0 radical (unpaired) electrons. The van der Waals surface area contributed by atoms with Crippen molar-refractivity contribution < 1.29 is 45.4 Å². The standard InChI is InChI=1S/C32H36F6N6O4/c1-4-25-12-26(18-44(25)30(46)48-27-7-5-20(6-8-27)28(45)47-3)43(29-39-13-21(14-40-29)22-15-41-42(2)17-22)16-19-9-23(31(33,34)35)11-24(10-19)32(36,37)38/h9-11,13-15,17,20,25-27H,4-8,12,16,18H2,1-3H3/t20-,25-,26+,27-/m1/s1. The van der Waals surface area contributed by atoms with Crippen LogP contribution in [0.4, 0.5) is 37.1 Å².